The smallest absolute Gasteiger partial charge is 0.158 e. The van der Waals surface area contributed by atoms with E-state index in [1.165, 1.54) is 5.56 Å². The highest BCUT2D eigenvalue weighted by Gasteiger charge is 2.05. The molecule has 1 aromatic carbocycles. The molecule has 21 heavy (non-hydrogen) atoms. The fraction of sp³-hybridized carbons (Fsp3) is 0.375. The van der Waals surface area contributed by atoms with Crippen LogP contribution in [0.3, 0.4) is 0 Å². The van der Waals surface area contributed by atoms with Gasteiger partial charge < -0.3 is 15.4 Å². The quantitative estimate of drug-likeness (QED) is 0.817. The number of aryl methyl sites for hydroxylation is 1. The van der Waals surface area contributed by atoms with Crippen LogP contribution in [0.25, 0.3) is 0 Å². The first-order valence-electron chi connectivity index (χ1n) is 7.24. The number of hydrogen-bond donors (Lipinski definition) is 2. The molecule has 2 rings (SSSR count). The Kier molecular flexibility index (Phi) is 5.51. The van der Waals surface area contributed by atoms with E-state index in [9.17, 15) is 0 Å². The van der Waals surface area contributed by atoms with Gasteiger partial charge in [-0.15, -0.1) is 0 Å². The molecule has 0 spiro atoms. The second-order valence-electron chi connectivity index (χ2n) is 4.62. The maximum atomic E-state index is 5.38. The van der Waals surface area contributed by atoms with Crippen LogP contribution in [0, 0.1) is 0 Å². The maximum absolute atomic E-state index is 5.38. The number of anilines is 3. The molecule has 2 aromatic rings. The summed E-state index contributed by atoms with van der Waals surface area (Å²) in [5, 5.41) is 6.37. The van der Waals surface area contributed by atoms with Crippen molar-refractivity contribution in [1.29, 1.82) is 0 Å². The number of nitrogens with one attached hydrogen (secondary N) is 2. The highest BCUT2D eigenvalue weighted by molar-refractivity contribution is 5.59. The molecular formula is C16H22N4O. The van der Waals surface area contributed by atoms with Crippen LogP contribution in [0.5, 0.6) is 0 Å². The van der Waals surface area contributed by atoms with Gasteiger partial charge in [-0.1, -0.05) is 19.1 Å². The summed E-state index contributed by atoms with van der Waals surface area (Å²) in [6.07, 6.45) is 1.01. The number of ether oxygens (including phenoxy) is 1. The first kappa shape index (κ1) is 15.3. The minimum Gasteiger partial charge on any atom is -0.374 e. The van der Waals surface area contributed by atoms with Gasteiger partial charge in [0.2, 0.25) is 0 Å². The zero-order valence-electron chi connectivity index (χ0n) is 12.8. The van der Waals surface area contributed by atoms with Crippen molar-refractivity contribution in [2.75, 3.05) is 24.3 Å². The molecule has 1 aromatic heterocycles. The molecular weight excluding hydrogens is 264 g/mol. The first-order valence-corrected chi connectivity index (χ1v) is 7.24. The summed E-state index contributed by atoms with van der Waals surface area (Å²) in [6.45, 7) is 5.16. The Morgan fingerprint density at radius 1 is 1.10 bits per heavy atom. The predicted octanol–water partition coefficient (Wildman–Crippen LogP) is 3.36. The fourth-order valence-electron chi connectivity index (χ4n) is 1.96. The number of nitrogens with zero attached hydrogens (tertiary/aromatic N) is 2. The van der Waals surface area contributed by atoms with Gasteiger partial charge in [0.25, 0.3) is 0 Å². The van der Waals surface area contributed by atoms with Gasteiger partial charge in [0, 0.05) is 25.4 Å². The second-order valence-corrected chi connectivity index (χ2v) is 4.62. The molecule has 0 radical (unpaired) electrons. The van der Waals surface area contributed by atoms with Crippen LogP contribution in [0.15, 0.2) is 30.3 Å². The lowest BCUT2D eigenvalue weighted by atomic mass is 10.1. The van der Waals surface area contributed by atoms with Crippen LogP contribution in [-0.4, -0.2) is 23.6 Å². The van der Waals surface area contributed by atoms with Gasteiger partial charge in [-0.05, 0) is 31.0 Å². The molecule has 0 aliphatic heterocycles. The van der Waals surface area contributed by atoms with E-state index < -0.39 is 0 Å². The maximum Gasteiger partial charge on any atom is 0.158 e. The van der Waals surface area contributed by atoms with Gasteiger partial charge in [0.1, 0.15) is 18.2 Å². The Bertz CT molecular complexity index is 586. The standard InChI is InChI=1S/C16H22N4O/c1-4-12-7-6-8-13(9-12)18-15-10-14(17-3)19-16(20-15)11-21-5-2/h6-10H,4-5,11H2,1-3H3,(H2,17,18,19,20). The minimum absolute atomic E-state index is 0.412. The summed E-state index contributed by atoms with van der Waals surface area (Å²) in [5.41, 5.74) is 2.31. The van der Waals surface area contributed by atoms with E-state index in [0.29, 0.717) is 19.0 Å². The van der Waals surface area contributed by atoms with Crippen LogP contribution >= 0.6 is 0 Å². The largest absolute Gasteiger partial charge is 0.374 e. The minimum atomic E-state index is 0.412. The van der Waals surface area contributed by atoms with Crippen LogP contribution < -0.4 is 10.6 Å². The molecule has 5 heteroatoms. The molecule has 0 atom stereocenters. The third-order valence-electron chi connectivity index (χ3n) is 3.07. The zero-order chi connectivity index (χ0) is 15.1. The van der Waals surface area contributed by atoms with Crippen molar-refractivity contribution < 1.29 is 4.74 Å². The molecule has 112 valence electrons. The van der Waals surface area contributed by atoms with Crippen LogP contribution in [0.2, 0.25) is 0 Å². The van der Waals surface area contributed by atoms with Gasteiger partial charge >= 0.3 is 0 Å². The molecule has 1 heterocycles. The van der Waals surface area contributed by atoms with Crippen LogP contribution in [0.4, 0.5) is 17.3 Å². The normalized spacial score (nSPS) is 10.4. The summed E-state index contributed by atoms with van der Waals surface area (Å²) >= 11 is 0. The summed E-state index contributed by atoms with van der Waals surface area (Å²) in [6, 6.07) is 10.2. The van der Waals surface area contributed by atoms with Crippen molar-refractivity contribution in [3.63, 3.8) is 0 Å². The summed E-state index contributed by atoms with van der Waals surface area (Å²) in [7, 11) is 1.84. The van der Waals surface area contributed by atoms with Gasteiger partial charge in [-0.3, -0.25) is 0 Å². The lowest BCUT2D eigenvalue weighted by Crippen LogP contribution is -2.05. The second kappa shape index (κ2) is 7.59. The SMILES string of the molecule is CCOCc1nc(NC)cc(Nc2cccc(CC)c2)n1. The van der Waals surface area contributed by atoms with Crippen molar-refractivity contribution in [3.05, 3.63) is 41.7 Å². The van der Waals surface area contributed by atoms with E-state index in [-0.39, 0.29) is 0 Å². The molecule has 5 nitrogen and oxygen atoms in total. The Morgan fingerprint density at radius 3 is 2.62 bits per heavy atom. The van der Waals surface area contributed by atoms with Crippen LogP contribution in [0.1, 0.15) is 25.2 Å². The van der Waals surface area contributed by atoms with Crippen molar-refractivity contribution in [1.82, 2.24) is 9.97 Å². The highest BCUT2D eigenvalue weighted by Crippen LogP contribution is 2.19. The van der Waals surface area contributed by atoms with E-state index in [0.717, 1.165) is 23.7 Å². The predicted molar refractivity (Wildman–Crippen MR) is 86.0 cm³/mol. The third-order valence-corrected chi connectivity index (χ3v) is 3.07. The van der Waals surface area contributed by atoms with Gasteiger partial charge in [0.15, 0.2) is 5.82 Å². The third kappa shape index (κ3) is 4.43. The number of aromatic nitrogens is 2. The zero-order valence-corrected chi connectivity index (χ0v) is 12.8. The number of rotatable bonds is 7. The van der Waals surface area contributed by atoms with E-state index in [2.05, 4.69) is 39.7 Å². The van der Waals surface area contributed by atoms with Gasteiger partial charge in [-0.25, -0.2) is 9.97 Å². The topological polar surface area (TPSA) is 59.1 Å². The summed E-state index contributed by atoms with van der Waals surface area (Å²) in [4.78, 5) is 8.86. The Balaban J connectivity index is 2.21. The highest BCUT2D eigenvalue weighted by atomic mass is 16.5. The number of benzene rings is 1. The lowest BCUT2D eigenvalue weighted by molar-refractivity contribution is 0.128. The monoisotopic (exact) mass is 286 g/mol. The van der Waals surface area contributed by atoms with Gasteiger partial charge in [0.05, 0.1) is 0 Å². The van der Waals surface area contributed by atoms with Crippen molar-refractivity contribution in [2.45, 2.75) is 26.9 Å². The molecule has 0 aliphatic carbocycles. The van der Waals surface area contributed by atoms with E-state index in [1.54, 1.807) is 0 Å². The molecule has 0 saturated carbocycles. The van der Waals surface area contributed by atoms with Crippen molar-refractivity contribution in [2.24, 2.45) is 0 Å². The molecule has 0 amide bonds. The van der Waals surface area contributed by atoms with Gasteiger partial charge in [-0.2, -0.15) is 0 Å². The Hall–Kier alpha value is -2.14. The molecule has 0 saturated heterocycles. The molecule has 0 aliphatic rings. The molecule has 0 fully saturated rings. The van der Waals surface area contributed by atoms with Crippen molar-refractivity contribution in [3.8, 4) is 0 Å². The summed E-state index contributed by atoms with van der Waals surface area (Å²) < 4.78 is 5.38. The molecule has 0 unspecified atom stereocenters. The fourth-order valence-corrected chi connectivity index (χ4v) is 1.96. The average molecular weight is 286 g/mol. The average Bonchev–Trinajstić information content (AvgIpc) is 2.52. The Morgan fingerprint density at radius 2 is 1.90 bits per heavy atom. The van der Waals surface area contributed by atoms with Crippen LogP contribution in [-0.2, 0) is 17.8 Å². The van der Waals surface area contributed by atoms with E-state index in [1.807, 2.05) is 32.2 Å². The Labute approximate surface area is 125 Å². The van der Waals surface area contributed by atoms with E-state index >= 15 is 0 Å². The molecule has 0 bridgehead atoms. The number of hydrogen-bond acceptors (Lipinski definition) is 5. The summed E-state index contributed by atoms with van der Waals surface area (Å²) in [5.74, 6) is 2.20. The first-order chi connectivity index (χ1) is 10.2. The van der Waals surface area contributed by atoms with Crippen molar-refractivity contribution >= 4 is 17.3 Å². The lowest BCUT2D eigenvalue weighted by Gasteiger charge is -2.10. The molecule has 2 N–H and O–H groups in total. The van der Waals surface area contributed by atoms with E-state index in [4.69, 9.17) is 4.74 Å².